The number of hydrogen-bond acceptors (Lipinski definition) is 5. The van der Waals surface area contributed by atoms with Gasteiger partial charge < -0.3 is 28.9 Å². The Hall–Kier alpha value is -2.45. The third kappa shape index (κ3) is 7.33. The Morgan fingerprint density at radius 1 is 1.00 bits per heavy atom. The van der Waals surface area contributed by atoms with Crippen LogP contribution in [0.15, 0.2) is 36.4 Å². The number of benzene rings is 2. The number of likely N-dealkylation sites (tertiary alicyclic amines) is 1. The van der Waals surface area contributed by atoms with Crippen LogP contribution in [-0.2, 0) is 11.3 Å². The normalized spacial score (nSPS) is 17.2. The van der Waals surface area contributed by atoms with E-state index in [1.807, 2.05) is 6.07 Å². The molecule has 6 rings (SSSR count). The van der Waals surface area contributed by atoms with Crippen molar-refractivity contribution >= 4 is 47.4 Å². The molecule has 2 aliphatic heterocycles. The predicted octanol–water partition coefficient (Wildman–Crippen LogP) is 8.01. The van der Waals surface area contributed by atoms with Crippen molar-refractivity contribution in [3.05, 3.63) is 47.5 Å². The molecule has 2 aromatic carbocycles. The van der Waals surface area contributed by atoms with E-state index in [1.165, 1.54) is 81.1 Å². The van der Waals surface area contributed by atoms with E-state index in [-0.39, 0.29) is 30.9 Å². The summed E-state index contributed by atoms with van der Waals surface area (Å²) in [7, 11) is 0. The van der Waals surface area contributed by atoms with Gasteiger partial charge in [-0.1, -0.05) is 37.8 Å². The largest absolute Gasteiger partial charge is 0.489 e. The Morgan fingerprint density at radius 2 is 1.75 bits per heavy atom. The molecule has 1 aromatic heterocycles. The highest BCUT2D eigenvalue weighted by atomic mass is 35.5. The minimum Gasteiger partial charge on any atom is -0.489 e. The number of ether oxygens (including phenoxy) is 2. The second-order valence-corrected chi connectivity index (χ2v) is 12.6. The third-order valence-electron chi connectivity index (χ3n) is 9.46. The predicted molar refractivity (Wildman–Crippen MR) is 184 cm³/mol. The third-order valence-corrected chi connectivity index (χ3v) is 9.46. The van der Waals surface area contributed by atoms with E-state index in [4.69, 9.17) is 9.47 Å². The van der Waals surface area contributed by atoms with Crippen molar-refractivity contribution in [3.63, 3.8) is 0 Å². The molecule has 1 N–H and O–H groups in total. The average Bonchev–Trinajstić information content (AvgIpc) is 3.20. The van der Waals surface area contributed by atoms with Crippen LogP contribution in [0.2, 0.25) is 0 Å². The maximum absolute atomic E-state index is 12.0. The van der Waals surface area contributed by atoms with E-state index >= 15 is 0 Å². The van der Waals surface area contributed by atoms with Crippen molar-refractivity contribution in [2.24, 2.45) is 0 Å². The van der Waals surface area contributed by atoms with Crippen molar-refractivity contribution in [1.82, 2.24) is 9.47 Å². The SMILES string of the molecule is CC(C)OCCN(CCN1CCCCC1)c1cccc2c1OCCn1c-2c(C2CCCCC2)c2ccc(C(=O)O)cc21.Cl.Cl. The highest BCUT2D eigenvalue weighted by molar-refractivity contribution is 5.99. The van der Waals surface area contributed by atoms with Gasteiger partial charge in [-0.25, -0.2) is 4.79 Å². The molecule has 0 amide bonds. The Morgan fingerprint density at radius 3 is 2.48 bits per heavy atom. The summed E-state index contributed by atoms with van der Waals surface area (Å²) in [4.78, 5) is 17.0. The summed E-state index contributed by atoms with van der Waals surface area (Å²) in [5.41, 5.74) is 6.23. The van der Waals surface area contributed by atoms with Gasteiger partial charge >= 0.3 is 5.97 Å². The molecule has 0 atom stereocenters. The van der Waals surface area contributed by atoms with Crippen LogP contribution in [0.1, 0.15) is 87.1 Å². The molecule has 3 aromatic rings. The zero-order valence-electron chi connectivity index (χ0n) is 26.3. The van der Waals surface area contributed by atoms with Crippen LogP contribution in [0.25, 0.3) is 22.2 Å². The van der Waals surface area contributed by atoms with Crippen LogP contribution < -0.4 is 9.64 Å². The molecular weight excluding hydrogens is 597 g/mol. The van der Waals surface area contributed by atoms with Gasteiger partial charge in [-0.3, -0.25) is 0 Å². The molecular formula is C35H49Cl2N3O4. The van der Waals surface area contributed by atoms with E-state index in [1.54, 1.807) is 6.07 Å². The second kappa shape index (κ2) is 15.7. The van der Waals surface area contributed by atoms with Gasteiger partial charge in [0.05, 0.1) is 36.2 Å². The van der Waals surface area contributed by atoms with Crippen molar-refractivity contribution in [3.8, 4) is 17.0 Å². The molecule has 7 nitrogen and oxygen atoms in total. The maximum atomic E-state index is 12.0. The lowest BCUT2D eigenvalue weighted by Crippen LogP contribution is -2.39. The Kier molecular flexibility index (Phi) is 12.3. The minimum absolute atomic E-state index is 0. The van der Waals surface area contributed by atoms with Gasteiger partial charge in [-0.2, -0.15) is 0 Å². The fourth-order valence-corrected chi connectivity index (χ4v) is 7.38. The molecule has 0 radical (unpaired) electrons. The van der Waals surface area contributed by atoms with Crippen molar-refractivity contribution in [2.45, 2.75) is 83.8 Å². The van der Waals surface area contributed by atoms with Crippen LogP contribution >= 0.6 is 24.8 Å². The molecule has 242 valence electrons. The van der Waals surface area contributed by atoms with Gasteiger partial charge in [0, 0.05) is 36.1 Å². The number of anilines is 1. The molecule has 0 unspecified atom stereocenters. The van der Waals surface area contributed by atoms with E-state index in [9.17, 15) is 9.90 Å². The number of carboxylic acids is 1. The number of fused-ring (bicyclic) bond motifs is 5. The topological polar surface area (TPSA) is 67.2 Å². The standard InChI is InChI=1S/C35H47N3O4.2ClH/c1-25(2)41-22-20-37(19-18-36-16-7-4-8-17-36)30-13-9-12-29-33-32(26-10-5-3-6-11-26)28-15-14-27(35(39)40)24-31(28)38(33)21-23-42-34(29)30;;/h9,12-15,24-26H,3-8,10-11,16-23H2,1-2H3,(H,39,40);2*1H. The summed E-state index contributed by atoms with van der Waals surface area (Å²) in [6.45, 7) is 11.3. The highest BCUT2D eigenvalue weighted by Gasteiger charge is 2.31. The lowest BCUT2D eigenvalue weighted by molar-refractivity contribution is 0.0697. The number of aromatic carboxylic acids is 1. The van der Waals surface area contributed by atoms with Gasteiger partial charge in [0.25, 0.3) is 0 Å². The van der Waals surface area contributed by atoms with E-state index < -0.39 is 5.97 Å². The fourth-order valence-electron chi connectivity index (χ4n) is 7.38. The number of rotatable bonds is 10. The van der Waals surface area contributed by atoms with Gasteiger partial charge in [0.15, 0.2) is 5.75 Å². The van der Waals surface area contributed by atoms with Gasteiger partial charge in [-0.05, 0) is 88.4 Å². The number of piperidine rings is 1. The maximum Gasteiger partial charge on any atom is 0.335 e. The first-order valence-electron chi connectivity index (χ1n) is 16.3. The van der Waals surface area contributed by atoms with Crippen LogP contribution in [-0.4, -0.2) is 72.6 Å². The second-order valence-electron chi connectivity index (χ2n) is 12.6. The quantitative estimate of drug-likeness (QED) is 0.241. The van der Waals surface area contributed by atoms with Crippen molar-refractivity contribution in [2.75, 3.05) is 50.8 Å². The van der Waals surface area contributed by atoms with E-state index in [0.717, 1.165) is 42.2 Å². The molecule has 0 spiro atoms. The Bertz CT molecular complexity index is 1400. The summed E-state index contributed by atoms with van der Waals surface area (Å²) >= 11 is 0. The minimum atomic E-state index is -0.882. The first kappa shape index (κ1) is 34.4. The number of hydrogen-bond donors (Lipinski definition) is 1. The first-order valence-corrected chi connectivity index (χ1v) is 16.3. The van der Waals surface area contributed by atoms with E-state index in [0.29, 0.717) is 31.2 Å². The monoisotopic (exact) mass is 645 g/mol. The molecule has 1 aliphatic carbocycles. The van der Waals surface area contributed by atoms with E-state index in [2.05, 4.69) is 52.5 Å². The summed E-state index contributed by atoms with van der Waals surface area (Å²) in [5.74, 6) is 0.544. The first-order chi connectivity index (χ1) is 20.5. The lowest BCUT2D eigenvalue weighted by Gasteiger charge is -2.32. The van der Waals surface area contributed by atoms with Gasteiger partial charge in [0.1, 0.15) is 6.61 Å². The Labute approximate surface area is 274 Å². The molecule has 1 saturated heterocycles. The molecule has 9 heteroatoms. The van der Waals surface area contributed by atoms with Gasteiger partial charge in [0.2, 0.25) is 0 Å². The molecule has 0 bridgehead atoms. The van der Waals surface area contributed by atoms with Crippen LogP contribution in [0, 0.1) is 0 Å². The molecule has 1 saturated carbocycles. The molecule has 3 aliphatic rings. The zero-order valence-corrected chi connectivity index (χ0v) is 27.9. The number of aromatic nitrogens is 1. The molecule has 2 fully saturated rings. The summed E-state index contributed by atoms with van der Waals surface area (Å²) < 4.78 is 15.0. The number of nitrogens with zero attached hydrogens (tertiary/aromatic N) is 3. The zero-order chi connectivity index (χ0) is 29.1. The number of carboxylic acid groups (broad SMARTS) is 1. The number of carbonyl (C=O) groups is 1. The van der Waals surface area contributed by atoms with Crippen LogP contribution in [0.5, 0.6) is 5.75 Å². The number of para-hydroxylation sites is 1. The van der Waals surface area contributed by atoms with Crippen LogP contribution in [0.3, 0.4) is 0 Å². The summed E-state index contributed by atoms with van der Waals surface area (Å²) in [5, 5.41) is 11.0. The van der Waals surface area contributed by atoms with Crippen molar-refractivity contribution in [1.29, 1.82) is 0 Å². The van der Waals surface area contributed by atoms with Gasteiger partial charge in [-0.15, -0.1) is 24.8 Å². The lowest BCUT2D eigenvalue weighted by atomic mass is 9.81. The molecule has 3 heterocycles. The average molecular weight is 647 g/mol. The smallest absolute Gasteiger partial charge is 0.335 e. The molecule has 44 heavy (non-hydrogen) atoms. The Balaban J connectivity index is 0.00000221. The number of halogens is 2. The highest BCUT2D eigenvalue weighted by Crippen LogP contribution is 2.49. The fraction of sp³-hybridized carbons (Fsp3) is 0.571. The summed E-state index contributed by atoms with van der Waals surface area (Å²) in [6, 6.07) is 12.3. The van der Waals surface area contributed by atoms with Crippen molar-refractivity contribution < 1.29 is 19.4 Å². The van der Waals surface area contributed by atoms with Crippen LogP contribution in [0.4, 0.5) is 5.69 Å². The summed E-state index contributed by atoms with van der Waals surface area (Å²) in [6.07, 6.45) is 10.3.